The van der Waals surface area contributed by atoms with Gasteiger partial charge in [-0.25, -0.2) is 9.97 Å². The second-order valence-electron chi connectivity index (χ2n) is 4.86. The zero-order valence-electron chi connectivity index (χ0n) is 10.9. The first-order valence-electron chi connectivity index (χ1n) is 6.78. The Bertz CT molecular complexity index is 732. The molecule has 4 nitrogen and oxygen atoms in total. The van der Waals surface area contributed by atoms with Crippen molar-refractivity contribution in [2.24, 2.45) is 0 Å². The van der Waals surface area contributed by atoms with Gasteiger partial charge in [-0.15, -0.1) is 11.8 Å². The molecule has 1 fully saturated rings. The Labute approximate surface area is 121 Å². The predicted molar refractivity (Wildman–Crippen MR) is 81.5 cm³/mol. The zero-order valence-corrected chi connectivity index (χ0v) is 11.8. The second kappa shape index (κ2) is 4.90. The number of pyridine rings is 2. The molecule has 1 atom stereocenters. The molecular formula is C15H14N4S. The minimum Gasteiger partial charge on any atom is -0.296 e. The summed E-state index contributed by atoms with van der Waals surface area (Å²) in [7, 11) is 0. The molecule has 5 heteroatoms. The van der Waals surface area contributed by atoms with Gasteiger partial charge in [-0.05, 0) is 42.9 Å². The lowest BCUT2D eigenvalue weighted by Crippen LogP contribution is -2.05. The third-order valence-electron chi connectivity index (χ3n) is 3.56. The number of imidazole rings is 1. The van der Waals surface area contributed by atoms with Gasteiger partial charge in [0.25, 0.3) is 0 Å². The summed E-state index contributed by atoms with van der Waals surface area (Å²) in [5.41, 5.74) is 2.99. The first-order valence-corrected chi connectivity index (χ1v) is 7.83. The lowest BCUT2D eigenvalue weighted by atomic mass is 10.2. The van der Waals surface area contributed by atoms with Gasteiger partial charge in [0.05, 0.1) is 5.37 Å². The van der Waals surface area contributed by atoms with Crippen LogP contribution in [0.5, 0.6) is 0 Å². The zero-order chi connectivity index (χ0) is 13.4. The maximum atomic E-state index is 4.77. The van der Waals surface area contributed by atoms with E-state index in [4.69, 9.17) is 4.98 Å². The molecule has 1 aliphatic rings. The largest absolute Gasteiger partial charge is 0.296 e. The molecule has 0 N–H and O–H groups in total. The lowest BCUT2D eigenvalue weighted by molar-refractivity contribution is 0.660. The van der Waals surface area contributed by atoms with Crippen LogP contribution in [0.4, 0.5) is 0 Å². The summed E-state index contributed by atoms with van der Waals surface area (Å²) < 4.78 is 2.28. The van der Waals surface area contributed by atoms with E-state index in [2.05, 4.69) is 20.6 Å². The maximum Gasteiger partial charge on any atom is 0.161 e. The van der Waals surface area contributed by atoms with E-state index < -0.39 is 0 Å². The second-order valence-corrected chi connectivity index (χ2v) is 6.15. The summed E-state index contributed by atoms with van der Waals surface area (Å²) in [6.07, 6.45) is 7.94. The smallest absolute Gasteiger partial charge is 0.161 e. The van der Waals surface area contributed by atoms with Crippen LogP contribution in [0.15, 0.2) is 42.9 Å². The van der Waals surface area contributed by atoms with Crippen LogP contribution in [0.25, 0.3) is 22.6 Å². The average Bonchev–Trinajstić information content (AvgIpc) is 3.14. The first-order chi connectivity index (χ1) is 9.93. The van der Waals surface area contributed by atoms with Gasteiger partial charge in [0.2, 0.25) is 0 Å². The van der Waals surface area contributed by atoms with Crippen LogP contribution in [-0.4, -0.2) is 25.3 Å². The van der Waals surface area contributed by atoms with Crippen LogP contribution < -0.4 is 0 Å². The minimum absolute atomic E-state index is 0.435. The Morgan fingerprint density at radius 3 is 2.95 bits per heavy atom. The third kappa shape index (κ3) is 1.89. The molecule has 0 bridgehead atoms. The van der Waals surface area contributed by atoms with Crippen molar-refractivity contribution in [3.63, 3.8) is 0 Å². The van der Waals surface area contributed by atoms with Crippen molar-refractivity contribution in [3.05, 3.63) is 42.9 Å². The Balaban J connectivity index is 1.97. The minimum atomic E-state index is 0.435. The van der Waals surface area contributed by atoms with E-state index in [1.54, 1.807) is 6.20 Å². The van der Waals surface area contributed by atoms with Gasteiger partial charge in [-0.1, -0.05) is 0 Å². The number of nitrogens with zero attached hydrogens (tertiary/aromatic N) is 4. The number of aromatic nitrogens is 4. The molecule has 1 aliphatic heterocycles. The lowest BCUT2D eigenvalue weighted by Gasteiger charge is -2.14. The summed E-state index contributed by atoms with van der Waals surface area (Å²) in [4.78, 5) is 13.5. The van der Waals surface area contributed by atoms with Gasteiger partial charge < -0.3 is 0 Å². The predicted octanol–water partition coefficient (Wildman–Crippen LogP) is 3.52. The van der Waals surface area contributed by atoms with Gasteiger partial charge in [0.15, 0.2) is 5.65 Å². The van der Waals surface area contributed by atoms with Crippen LogP contribution in [0.2, 0.25) is 0 Å². The average molecular weight is 282 g/mol. The normalized spacial score (nSPS) is 18.7. The van der Waals surface area contributed by atoms with Crippen LogP contribution >= 0.6 is 11.8 Å². The monoisotopic (exact) mass is 282 g/mol. The molecule has 1 unspecified atom stereocenters. The summed E-state index contributed by atoms with van der Waals surface area (Å²) in [6, 6.07) is 7.98. The van der Waals surface area contributed by atoms with Crippen molar-refractivity contribution >= 4 is 22.9 Å². The van der Waals surface area contributed by atoms with Crippen molar-refractivity contribution in [2.45, 2.75) is 18.2 Å². The van der Waals surface area contributed by atoms with Gasteiger partial charge >= 0.3 is 0 Å². The Morgan fingerprint density at radius 2 is 2.15 bits per heavy atom. The van der Waals surface area contributed by atoms with Crippen molar-refractivity contribution in [3.8, 4) is 11.4 Å². The molecule has 4 heterocycles. The van der Waals surface area contributed by atoms with E-state index in [-0.39, 0.29) is 0 Å². The molecule has 20 heavy (non-hydrogen) atoms. The Kier molecular flexibility index (Phi) is 2.92. The highest BCUT2D eigenvalue weighted by Crippen LogP contribution is 2.40. The molecule has 0 amide bonds. The number of rotatable bonds is 2. The van der Waals surface area contributed by atoms with Gasteiger partial charge in [-0.2, -0.15) is 0 Å². The van der Waals surface area contributed by atoms with Crippen molar-refractivity contribution < 1.29 is 0 Å². The SMILES string of the molecule is c1cncc(-c2nc3cccnc3n2C2CCCS2)c1. The standard InChI is InChI=1S/C15H14N4S/c1-4-11(10-16-7-1)14-18-12-5-2-8-17-15(12)19(14)13-6-3-9-20-13/h1-2,4-5,7-8,10,13H,3,6,9H2. The number of hydrogen-bond acceptors (Lipinski definition) is 4. The molecule has 4 rings (SSSR count). The van der Waals surface area contributed by atoms with Crippen molar-refractivity contribution in [2.75, 3.05) is 5.75 Å². The molecule has 100 valence electrons. The molecule has 0 radical (unpaired) electrons. The summed E-state index contributed by atoms with van der Waals surface area (Å²) in [5, 5.41) is 0.435. The Hall–Kier alpha value is -1.88. The highest BCUT2D eigenvalue weighted by Gasteiger charge is 2.24. The Morgan fingerprint density at radius 1 is 1.20 bits per heavy atom. The number of thioether (sulfide) groups is 1. The fourth-order valence-electron chi connectivity index (χ4n) is 2.67. The van der Waals surface area contributed by atoms with E-state index >= 15 is 0 Å². The quantitative estimate of drug-likeness (QED) is 0.721. The third-order valence-corrected chi connectivity index (χ3v) is 4.92. The van der Waals surface area contributed by atoms with E-state index in [9.17, 15) is 0 Å². The topological polar surface area (TPSA) is 43.6 Å². The number of fused-ring (bicyclic) bond motifs is 1. The molecule has 3 aromatic heterocycles. The van der Waals surface area contributed by atoms with E-state index in [0.29, 0.717) is 5.37 Å². The molecule has 3 aromatic rings. The molecule has 0 spiro atoms. The molecule has 1 saturated heterocycles. The van der Waals surface area contributed by atoms with Crippen LogP contribution in [0.1, 0.15) is 18.2 Å². The van der Waals surface area contributed by atoms with E-state index in [0.717, 1.165) is 22.6 Å². The highest BCUT2D eigenvalue weighted by molar-refractivity contribution is 7.99. The summed E-state index contributed by atoms with van der Waals surface area (Å²) in [5.74, 6) is 2.19. The summed E-state index contributed by atoms with van der Waals surface area (Å²) >= 11 is 1.99. The van der Waals surface area contributed by atoms with Gasteiger partial charge in [0, 0.05) is 24.2 Å². The van der Waals surface area contributed by atoms with E-state index in [1.807, 2.05) is 42.4 Å². The van der Waals surface area contributed by atoms with Crippen LogP contribution in [0, 0.1) is 0 Å². The number of hydrogen-bond donors (Lipinski definition) is 0. The fraction of sp³-hybridized carbons (Fsp3) is 0.267. The van der Waals surface area contributed by atoms with E-state index in [1.165, 1.54) is 18.6 Å². The van der Waals surface area contributed by atoms with Crippen molar-refractivity contribution in [1.82, 2.24) is 19.5 Å². The molecule has 0 saturated carbocycles. The van der Waals surface area contributed by atoms with Gasteiger partial charge in [0.1, 0.15) is 11.3 Å². The van der Waals surface area contributed by atoms with Crippen LogP contribution in [0.3, 0.4) is 0 Å². The first kappa shape index (κ1) is 11.9. The van der Waals surface area contributed by atoms with Gasteiger partial charge in [-0.3, -0.25) is 9.55 Å². The highest BCUT2D eigenvalue weighted by atomic mass is 32.2. The molecule has 0 aliphatic carbocycles. The molecule has 0 aromatic carbocycles. The van der Waals surface area contributed by atoms with Crippen LogP contribution in [-0.2, 0) is 0 Å². The van der Waals surface area contributed by atoms with Crippen molar-refractivity contribution in [1.29, 1.82) is 0 Å². The summed E-state index contributed by atoms with van der Waals surface area (Å²) in [6.45, 7) is 0. The fourth-order valence-corrected chi connectivity index (χ4v) is 3.95. The maximum absolute atomic E-state index is 4.77. The molecular weight excluding hydrogens is 268 g/mol.